The minimum Gasteiger partial charge on any atom is -0.497 e. The van der Waals surface area contributed by atoms with Crippen molar-refractivity contribution in [2.24, 2.45) is 0 Å². The molecular weight excluding hydrogens is 346 g/mol. The molecule has 142 valence electrons. The Morgan fingerprint density at radius 1 is 1.19 bits per heavy atom. The SMILES string of the molecule is CCOC(=O)CNc1c(-c2cc(OC)ccc2OC)nc2cccc(C)n12. The van der Waals surface area contributed by atoms with E-state index in [0.717, 1.165) is 16.9 Å². The molecule has 2 heterocycles. The number of carbonyl (C=O) groups excluding carboxylic acids is 1. The summed E-state index contributed by atoms with van der Waals surface area (Å²) in [6, 6.07) is 11.4. The molecule has 0 atom stereocenters. The summed E-state index contributed by atoms with van der Waals surface area (Å²) in [5, 5.41) is 3.18. The second-order valence-corrected chi connectivity index (χ2v) is 5.89. The lowest BCUT2D eigenvalue weighted by Crippen LogP contribution is -2.18. The van der Waals surface area contributed by atoms with Gasteiger partial charge in [0.2, 0.25) is 0 Å². The number of nitrogens with zero attached hydrogens (tertiary/aromatic N) is 2. The van der Waals surface area contributed by atoms with E-state index in [1.807, 2.05) is 47.7 Å². The van der Waals surface area contributed by atoms with Gasteiger partial charge in [-0.05, 0) is 44.2 Å². The van der Waals surface area contributed by atoms with Crippen LogP contribution in [0.4, 0.5) is 5.82 Å². The van der Waals surface area contributed by atoms with Crippen molar-refractivity contribution in [3.63, 3.8) is 0 Å². The zero-order valence-electron chi connectivity index (χ0n) is 15.9. The second kappa shape index (κ2) is 7.99. The van der Waals surface area contributed by atoms with Crippen LogP contribution >= 0.6 is 0 Å². The Labute approximate surface area is 157 Å². The number of nitrogens with one attached hydrogen (secondary N) is 1. The summed E-state index contributed by atoms with van der Waals surface area (Å²) in [5.74, 6) is 1.72. The fourth-order valence-corrected chi connectivity index (χ4v) is 2.97. The normalized spacial score (nSPS) is 10.7. The second-order valence-electron chi connectivity index (χ2n) is 5.89. The van der Waals surface area contributed by atoms with E-state index in [-0.39, 0.29) is 12.5 Å². The zero-order chi connectivity index (χ0) is 19.4. The van der Waals surface area contributed by atoms with Gasteiger partial charge in [0, 0.05) is 11.3 Å². The summed E-state index contributed by atoms with van der Waals surface area (Å²) in [6.45, 7) is 4.14. The monoisotopic (exact) mass is 369 g/mol. The van der Waals surface area contributed by atoms with Crippen LogP contribution < -0.4 is 14.8 Å². The first-order valence-electron chi connectivity index (χ1n) is 8.69. The van der Waals surface area contributed by atoms with Crippen molar-refractivity contribution in [3.8, 4) is 22.8 Å². The van der Waals surface area contributed by atoms with Gasteiger partial charge in [-0.15, -0.1) is 0 Å². The maximum atomic E-state index is 11.9. The quantitative estimate of drug-likeness (QED) is 0.644. The van der Waals surface area contributed by atoms with Gasteiger partial charge in [-0.2, -0.15) is 0 Å². The highest BCUT2D eigenvalue weighted by Gasteiger charge is 2.20. The van der Waals surface area contributed by atoms with E-state index in [4.69, 9.17) is 19.2 Å². The van der Waals surface area contributed by atoms with Crippen LogP contribution in [-0.2, 0) is 9.53 Å². The molecule has 0 bridgehead atoms. The van der Waals surface area contributed by atoms with E-state index in [1.54, 1.807) is 21.1 Å². The number of benzene rings is 1. The van der Waals surface area contributed by atoms with Crippen molar-refractivity contribution in [1.82, 2.24) is 9.38 Å². The lowest BCUT2D eigenvalue weighted by atomic mass is 10.1. The molecule has 0 aliphatic carbocycles. The molecule has 0 spiro atoms. The zero-order valence-corrected chi connectivity index (χ0v) is 15.9. The first kappa shape index (κ1) is 18.6. The molecule has 27 heavy (non-hydrogen) atoms. The molecule has 1 N–H and O–H groups in total. The molecule has 0 aliphatic rings. The third-order valence-corrected chi connectivity index (χ3v) is 4.21. The number of aryl methyl sites for hydroxylation is 1. The van der Waals surface area contributed by atoms with E-state index >= 15 is 0 Å². The minimum atomic E-state index is -0.329. The Hall–Kier alpha value is -3.22. The number of rotatable bonds is 7. The van der Waals surface area contributed by atoms with Gasteiger partial charge in [-0.3, -0.25) is 9.20 Å². The van der Waals surface area contributed by atoms with E-state index in [0.29, 0.717) is 29.6 Å². The highest BCUT2D eigenvalue weighted by atomic mass is 16.5. The van der Waals surface area contributed by atoms with Gasteiger partial charge >= 0.3 is 5.97 Å². The molecule has 7 heteroatoms. The Kier molecular flexibility index (Phi) is 5.49. The molecule has 0 saturated carbocycles. The molecule has 3 rings (SSSR count). The van der Waals surface area contributed by atoms with Crippen LogP contribution in [0.1, 0.15) is 12.6 Å². The number of ether oxygens (including phenoxy) is 3. The number of aromatic nitrogens is 2. The van der Waals surface area contributed by atoms with Crippen molar-refractivity contribution < 1.29 is 19.0 Å². The van der Waals surface area contributed by atoms with Gasteiger partial charge < -0.3 is 19.5 Å². The average Bonchev–Trinajstić information content (AvgIpc) is 3.05. The lowest BCUT2D eigenvalue weighted by Gasteiger charge is -2.13. The fourth-order valence-electron chi connectivity index (χ4n) is 2.97. The van der Waals surface area contributed by atoms with Gasteiger partial charge in [0.1, 0.15) is 35.2 Å². The molecule has 0 radical (unpaired) electrons. The lowest BCUT2D eigenvalue weighted by molar-refractivity contribution is -0.140. The summed E-state index contributed by atoms with van der Waals surface area (Å²) in [7, 11) is 3.22. The van der Waals surface area contributed by atoms with Crippen LogP contribution in [-0.4, -0.2) is 42.7 Å². The number of hydrogen-bond acceptors (Lipinski definition) is 6. The molecule has 0 aliphatic heterocycles. The molecule has 0 fully saturated rings. The predicted octanol–water partition coefficient (Wildman–Crippen LogP) is 3.30. The highest BCUT2D eigenvalue weighted by Crippen LogP contribution is 2.38. The highest BCUT2D eigenvalue weighted by molar-refractivity contribution is 5.84. The molecule has 0 unspecified atom stereocenters. The first-order valence-corrected chi connectivity index (χ1v) is 8.69. The van der Waals surface area contributed by atoms with Crippen molar-refractivity contribution in [2.45, 2.75) is 13.8 Å². The Balaban J connectivity index is 2.16. The topological polar surface area (TPSA) is 74.1 Å². The van der Waals surface area contributed by atoms with Crippen LogP contribution in [0.15, 0.2) is 36.4 Å². The molecule has 3 aromatic rings. The standard InChI is InChI=1S/C20H23N3O4/c1-5-27-18(24)12-21-20-19(22-17-8-6-7-13(2)23(17)20)15-11-14(25-3)9-10-16(15)26-4/h6-11,21H,5,12H2,1-4H3. The van der Waals surface area contributed by atoms with Gasteiger partial charge in [0.15, 0.2) is 0 Å². The number of anilines is 1. The maximum Gasteiger partial charge on any atom is 0.325 e. The van der Waals surface area contributed by atoms with E-state index in [9.17, 15) is 4.79 Å². The molecule has 2 aromatic heterocycles. The van der Waals surface area contributed by atoms with Crippen LogP contribution in [0.3, 0.4) is 0 Å². The molecule has 1 aromatic carbocycles. The van der Waals surface area contributed by atoms with Crippen LogP contribution in [0.25, 0.3) is 16.9 Å². The van der Waals surface area contributed by atoms with Crippen molar-refractivity contribution in [3.05, 3.63) is 42.1 Å². The fraction of sp³-hybridized carbons (Fsp3) is 0.300. The third kappa shape index (κ3) is 3.67. The van der Waals surface area contributed by atoms with Crippen LogP contribution in [0.2, 0.25) is 0 Å². The van der Waals surface area contributed by atoms with Gasteiger partial charge in [0.05, 0.1) is 20.8 Å². The summed E-state index contributed by atoms with van der Waals surface area (Å²) < 4.78 is 17.9. The van der Waals surface area contributed by atoms with E-state index in [2.05, 4.69) is 5.32 Å². The molecular formula is C20H23N3O4. The van der Waals surface area contributed by atoms with Crippen LogP contribution in [0, 0.1) is 6.92 Å². The first-order chi connectivity index (χ1) is 13.1. The summed E-state index contributed by atoms with van der Waals surface area (Å²) in [6.07, 6.45) is 0. The third-order valence-electron chi connectivity index (χ3n) is 4.21. The van der Waals surface area contributed by atoms with E-state index < -0.39 is 0 Å². The predicted molar refractivity (Wildman–Crippen MR) is 104 cm³/mol. The van der Waals surface area contributed by atoms with Gasteiger partial charge in [0.25, 0.3) is 0 Å². The number of methoxy groups -OCH3 is 2. The van der Waals surface area contributed by atoms with Crippen molar-refractivity contribution in [1.29, 1.82) is 0 Å². The number of carbonyl (C=O) groups is 1. The largest absolute Gasteiger partial charge is 0.497 e. The average molecular weight is 369 g/mol. The number of hydrogen-bond donors (Lipinski definition) is 1. The van der Waals surface area contributed by atoms with E-state index in [1.165, 1.54) is 0 Å². The molecule has 0 saturated heterocycles. The molecule has 7 nitrogen and oxygen atoms in total. The summed E-state index contributed by atoms with van der Waals surface area (Å²) in [5.41, 5.74) is 3.19. The maximum absolute atomic E-state index is 11.9. The number of imidazole rings is 1. The number of esters is 1. The number of fused-ring (bicyclic) bond motifs is 1. The van der Waals surface area contributed by atoms with Crippen LogP contribution in [0.5, 0.6) is 11.5 Å². The van der Waals surface area contributed by atoms with Gasteiger partial charge in [-0.25, -0.2) is 4.98 Å². The smallest absolute Gasteiger partial charge is 0.325 e. The Morgan fingerprint density at radius 3 is 2.70 bits per heavy atom. The number of pyridine rings is 1. The van der Waals surface area contributed by atoms with Gasteiger partial charge in [-0.1, -0.05) is 6.07 Å². The Bertz CT molecular complexity index is 965. The summed E-state index contributed by atoms with van der Waals surface area (Å²) >= 11 is 0. The summed E-state index contributed by atoms with van der Waals surface area (Å²) in [4.78, 5) is 16.6. The Morgan fingerprint density at radius 2 is 2.00 bits per heavy atom. The van der Waals surface area contributed by atoms with Crippen molar-refractivity contribution in [2.75, 3.05) is 32.7 Å². The molecule has 0 amide bonds. The van der Waals surface area contributed by atoms with Crippen molar-refractivity contribution >= 4 is 17.4 Å². The minimum absolute atomic E-state index is 0.0370.